The summed E-state index contributed by atoms with van der Waals surface area (Å²) in [5.74, 6) is 1.26. The van der Waals surface area contributed by atoms with E-state index in [4.69, 9.17) is 21.1 Å². The van der Waals surface area contributed by atoms with Crippen LogP contribution >= 0.6 is 23.4 Å². The number of aliphatic hydroxyl groups is 3. The number of nitrogens with one attached hydrogen (secondary N) is 2. The number of alkyl halides is 1. The molecule has 0 aromatic rings. The van der Waals surface area contributed by atoms with Crippen molar-refractivity contribution >= 4 is 29.3 Å². The molecule has 0 aromatic heterocycles. The Kier molecular flexibility index (Phi) is 9.54. The molecule has 5 N–H and O–H groups in total. The maximum atomic E-state index is 13.3. The molecule has 186 valence electrons. The fraction of sp³-hybridized carbons (Fsp3) is 0.955. The SMILES string of the molecule is CSC1OC([C@H](NC(=O)[C@H]2NC[C@@H]3C[C@H](CC(C)C)CCO[C@H]32)[C@H](C)Cl)C(O)C(O)C1O. The molecule has 0 spiro atoms. The van der Waals surface area contributed by atoms with Crippen LogP contribution in [0.15, 0.2) is 0 Å². The van der Waals surface area contributed by atoms with E-state index < -0.39 is 47.3 Å². The third kappa shape index (κ3) is 5.92. The molecule has 3 rings (SSSR count). The maximum absolute atomic E-state index is 13.3. The van der Waals surface area contributed by atoms with E-state index in [1.54, 1.807) is 13.2 Å². The van der Waals surface area contributed by atoms with Gasteiger partial charge in [-0.1, -0.05) is 13.8 Å². The van der Waals surface area contributed by atoms with Gasteiger partial charge >= 0.3 is 0 Å². The smallest absolute Gasteiger partial charge is 0.240 e. The Balaban J connectivity index is 1.68. The van der Waals surface area contributed by atoms with Gasteiger partial charge in [-0.15, -0.1) is 23.4 Å². The number of hydrogen-bond donors (Lipinski definition) is 5. The van der Waals surface area contributed by atoms with Crippen molar-refractivity contribution in [2.75, 3.05) is 19.4 Å². The average molecular weight is 495 g/mol. The Labute approximate surface area is 200 Å². The van der Waals surface area contributed by atoms with Crippen molar-refractivity contribution in [2.24, 2.45) is 17.8 Å². The van der Waals surface area contributed by atoms with E-state index in [0.717, 1.165) is 25.8 Å². The van der Waals surface area contributed by atoms with Crippen LogP contribution in [0.1, 0.15) is 40.0 Å². The van der Waals surface area contributed by atoms with E-state index in [0.29, 0.717) is 18.4 Å². The highest BCUT2D eigenvalue weighted by Gasteiger charge is 2.49. The van der Waals surface area contributed by atoms with E-state index in [1.807, 2.05) is 0 Å². The molecular weight excluding hydrogens is 456 g/mol. The second kappa shape index (κ2) is 11.5. The summed E-state index contributed by atoms with van der Waals surface area (Å²) in [5.41, 5.74) is -0.731. The van der Waals surface area contributed by atoms with Gasteiger partial charge in [-0.05, 0) is 50.2 Å². The highest BCUT2D eigenvalue weighted by Crippen LogP contribution is 2.34. The van der Waals surface area contributed by atoms with E-state index in [2.05, 4.69) is 24.5 Å². The van der Waals surface area contributed by atoms with E-state index in [1.165, 1.54) is 11.8 Å². The maximum Gasteiger partial charge on any atom is 0.240 e. The first-order chi connectivity index (χ1) is 15.1. The number of carbonyl (C=O) groups excluding carboxylic acids is 1. The number of halogens is 1. The minimum absolute atomic E-state index is 0.206. The molecule has 3 aliphatic rings. The topological polar surface area (TPSA) is 120 Å². The fourth-order valence-electron chi connectivity index (χ4n) is 5.35. The van der Waals surface area contributed by atoms with Crippen molar-refractivity contribution < 1.29 is 29.6 Å². The summed E-state index contributed by atoms with van der Waals surface area (Å²) in [6.07, 6.45) is -0.199. The van der Waals surface area contributed by atoms with Gasteiger partial charge < -0.3 is 35.4 Å². The van der Waals surface area contributed by atoms with Crippen molar-refractivity contribution in [3.8, 4) is 0 Å². The van der Waals surface area contributed by atoms with E-state index in [9.17, 15) is 20.1 Å². The number of ether oxygens (including phenoxy) is 2. The molecule has 0 saturated carbocycles. The zero-order valence-corrected chi connectivity index (χ0v) is 20.9. The van der Waals surface area contributed by atoms with E-state index in [-0.39, 0.29) is 17.9 Å². The third-order valence-corrected chi connectivity index (χ3v) is 8.08. The minimum Gasteiger partial charge on any atom is -0.388 e. The third-order valence-electron chi connectivity index (χ3n) is 6.95. The van der Waals surface area contributed by atoms with Crippen molar-refractivity contribution in [3.05, 3.63) is 0 Å². The van der Waals surface area contributed by atoms with Crippen LogP contribution in [0.25, 0.3) is 0 Å². The van der Waals surface area contributed by atoms with Gasteiger partial charge in [-0.25, -0.2) is 0 Å². The number of carbonyl (C=O) groups is 1. The van der Waals surface area contributed by atoms with Crippen LogP contribution in [0.4, 0.5) is 0 Å². The molecule has 32 heavy (non-hydrogen) atoms. The van der Waals surface area contributed by atoms with Crippen LogP contribution in [0.5, 0.6) is 0 Å². The van der Waals surface area contributed by atoms with Crippen molar-refractivity contribution in [1.29, 1.82) is 0 Å². The molecule has 10 heteroatoms. The van der Waals surface area contributed by atoms with Crippen molar-refractivity contribution in [2.45, 2.75) is 93.5 Å². The molecule has 0 aromatic carbocycles. The Morgan fingerprint density at radius 2 is 1.94 bits per heavy atom. The number of rotatable bonds is 7. The lowest BCUT2D eigenvalue weighted by molar-refractivity contribution is -0.205. The first-order valence-electron chi connectivity index (χ1n) is 11.7. The largest absolute Gasteiger partial charge is 0.388 e. The Morgan fingerprint density at radius 1 is 1.22 bits per heavy atom. The summed E-state index contributed by atoms with van der Waals surface area (Å²) < 4.78 is 12.0. The lowest BCUT2D eigenvalue weighted by Gasteiger charge is -2.44. The molecule has 3 heterocycles. The monoisotopic (exact) mass is 494 g/mol. The summed E-state index contributed by atoms with van der Waals surface area (Å²) in [7, 11) is 0. The van der Waals surface area contributed by atoms with Crippen LogP contribution in [-0.2, 0) is 14.3 Å². The van der Waals surface area contributed by atoms with E-state index >= 15 is 0 Å². The Bertz CT molecular complexity index is 627. The normalized spacial score (nSPS) is 42.2. The standard InChI is InChI=1S/C22H39ClN2O6S/c1-10(2)7-12-5-6-30-19-13(8-12)9-24-15(19)21(29)25-14(11(3)23)20-17(27)16(26)18(28)22(31-20)32-4/h10-20,22,24,26-28H,5-9H2,1-4H3,(H,25,29)/t11-,12-,13-,14+,15-,16?,17?,18?,19+,20?,22?/m0/s1. The average Bonchev–Trinajstić information content (AvgIpc) is 3.02. The summed E-state index contributed by atoms with van der Waals surface area (Å²) >= 11 is 7.62. The van der Waals surface area contributed by atoms with Crippen LogP contribution in [0.2, 0.25) is 0 Å². The molecule has 11 atom stereocenters. The quantitative estimate of drug-likeness (QED) is 0.328. The van der Waals surface area contributed by atoms with Crippen LogP contribution < -0.4 is 10.6 Å². The fourth-order valence-corrected chi connectivity index (χ4v) is 6.24. The molecule has 0 aliphatic carbocycles. The first kappa shape index (κ1) is 26.5. The van der Waals surface area contributed by atoms with Gasteiger partial charge in [0.15, 0.2) is 0 Å². The first-order valence-corrected chi connectivity index (χ1v) is 13.4. The van der Waals surface area contributed by atoms with Gasteiger partial charge in [0.1, 0.15) is 35.9 Å². The minimum atomic E-state index is -1.39. The molecule has 3 fully saturated rings. The highest BCUT2D eigenvalue weighted by atomic mass is 35.5. The predicted molar refractivity (Wildman–Crippen MR) is 125 cm³/mol. The zero-order chi connectivity index (χ0) is 23.6. The summed E-state index contributed by atoms with van der Waals surface area (Å²) in [6.45, 7) is 7.54. The number of aliphatic hydroxyl groups excluding tert-OH is 3. The Hall–Kier alpha value is -0.130. The molecular formula is C22H39ClN2O6S. The number of thioether (sulfide) groups is 1. The lowest BCUT2D eigenvalue weighted by Crippen LogP contribution is -2.65. The van der Waals surface area contributed by atoms with Gasteiger partial charge in [-0.3, -0.25) is 4.79 Å². The van der Waals surface area contributed by atoms with Gasteiger partial charge in [0.05, 0.1) is 17.5 Å². The summed E-state index contributed by atoms with van der Waals surface area (Å²) in [4.78, 5) is 13.3. The number of hydrogen-bond acceptors (Lipinski definition) is 8. The molecule has 5 unspecified atom stereocenters. The predicted octanol–water partition coefficient (Wildman–Crippen LogP) is 0.698. The zero-order valence-electron chi connectivity index (χ0n) is 19.3. The lowest BCUT2D eigenvalue weighted by atomic mass is 9.85. The molecule has 3 saturated heterocycles. The molecule has 3 aliphatic heterocycles. The van der Waals surface area contributed by atoms with Crippen LogP contribution in [-0.4, -0.2) is 94.1 Å². The van der Waals surface area contributed by atoms with Crippen molar-refractivity contribution in [3.63, 3.8) is 0 Å². The van der Waals surface area contributed by atoms with Crippen molar-refractivity contribution in [1.82, 2.24) is 10.6 Å². The van der Waals surface area contributed by atoms with Gasteiger partial charge in [0.2, 0.25) is 5.91 Å². The number of amides is 1. The van der Waals surface area contributed by atoms with Crippen LogP contribution in [0, 0.1) is 17.8 Å². The van der Waals surface area contributed by atoms with Crippen LogP contribution in [0.3, 0.4) is 0 Å². The summed E-state index contributed by atoms with van der Waals surface area (Å²) in [6, 6.07) is -1.26. The highest BCUT2D eigenvalue weighted by molar-refractivity contribution is 7.99. The molecule has 1 amide bonds. The van der Waals surface area contributed by atoms with Gasteiger partial charge in [0.25, 0.3) is 0 Å². The molecule has 8 nitrogen and oxygen atoms in total. The summed E-state index contributed by atoms with van der Waals surface area (Å²) in [5, 5.41) is 36.6. The second-order valence-electron chi connectivity index (χ2n) is 9.89. The second-order valence-corrected chi connectivity index (χ2v) is 11.5. The van der Waals surface area contributed by atoms with Gasteiger partial charge in [0, 0.05) is 13.2 Å². The molecule has 0 bridgehead atoms. The Morgan fingerprint density at radius 3 is 2.56 bits per heavy atom. The number of fused-ring (bicyclic) bond motifs is 1. The molecule has 0 radical (unpaired) electrons. The van der Waals surface area contributed by atoms with Gasteiger partial charge in [-0.2, -0.15) is 0 Å².